The van der Waals surface area contributed by atoms with Gasteiger partial charge in [0.05, 0.1) is 18.1 Å². The van der Waals surface area contributed by atoms with Crippen molar-refractivity contribution >= 4 is 5.97 Å². The van der Waals surface area contributed by atoms with E-state index in [1.165, 1.54) is 6.92 Å². The molecule has 14 heavy (non-hydrogen) atoms. The molecule has 1 aliphatic heterocycles. The molecule has 0 unspecified atom stereocenters. The summed E-state index contributed by atoms with van der Waals surface area (Å²) in [7, 11) is 0. The summed E-state index contributed by atoms with van der Waals surface area (Å²) in [5.74, 6) is -1.60. The van der Waals surface area contributed by atoms with Gasteiger partial charge in [0.2, 0.25) is 0 Å². The Bertz CT molecular complexity index is 345. The average Bonchev–Trinajstić information content (AvgIpc) is 2.90. The fraction of sp³-hybridized carbons (Fsp3) is 0.571. The molecule has 0 aromatic carbocycles. The topological polar surface area (TPSA) is 112 Å². The van der Waals surface area contributed by atoms with E-state index < -0.39 is 17.0 Å². The van der Waals surface area contributed by atoms with Crippen LogP contribution in [0.1, 0.15) is 13.3 Å². The molecule has 0 fully saturated rings. The molecule has 0 saturated carbocycles. The molecule has 1 rings (SSSR count). The Hall–Kier alpha value is -0.950. The summed E-state index contributed by atoms with van der Waals surface area (Å²) in [5, 5.41) is 34.5. The van der Waals surface area contributed by atoms with E-state index in [0.29, 0.717) is 0 Å². The third kappa shape index (κ3) is 1.42. The Labute approximate surface area is 103 Å². The van der Waals surface area contributed by atoms with Gasteiger partial charge >= 0.3 is 29.6 Å². The predicted octanol–water partition coefficient (Wildman–Crippen LogP) is -3.65. The Balaban J connectivity index is 0.00000169. The van der Waals surface area contributed by atoms with Gasteiger partial charge in [-0.05, 0) is 6.42 Å². The third-order valence-corrected chi connectivity index (χ3v) is 2.09. The first-order valence-corrected chi connectivity index (χ1v) is 3.56. The first-order valence-electron chi connectivity index (χ1n) is 3.56. The number of carboxylic acids is 1. The maximum Gasteiger partial charge on any atom is 1.00 e. The normalized spacial score (nSPS) is 15.9. The van der Waals surface area contributed by atoms with E-state index in [4.69, 9.17) is 10.5 Å². The van der Waals surface area contributed by atoms with Crippen molar-refractivity contribution in [2.75, 3.05) is 0 Å². The minimum absolute atomic E-state index is 0. The van der Waals surface area contributed by atoms with Crippen LogP contribution in [-0.4, -0.2) is 11.6 Å². The number of nitriles is 2. The fourth-order valence-corrected chi connectivity index (χ4v) is 1.06. The van der Waals surface area contributed by atoms with E-state index in [1.807, 2.05) is 0 Å². The maximum atomic E-state index is 10.6. The van der Waals surface area contributed by atoms with E-state index in [2.05, 4.69) is 10.2 Å². The van der Waals surface area contributed by atoms with Gasteiger partial charge in [0.1, 0.15) is 0 Å². The first kappa shape index (κ1) is 13.1. The molecule has 7 heteroatoms. The summed E-state index contributed by atoms with van der Waals surface area (Å²) in [6, 6.07) is 3.26. The summed E-state index contributed by atoms with van der Waals surface area (Å²) in [6.07, 6.45) is 0.0426. The summed E-state index contributed by atoms with van der Waals surface area (Å²) < 4.78 is 0. The quantitative estimate of drug-likeness (QED) is 0.437. The van der Waals surface area contributed by atoms with Crippen LogP contribution in [0.4, 0.5) is 0 Å². The molecule has 6 nitrogen and oxygen atoms in total. The number of nitrogens with zero attached hydrogens (tertiary/aromatic N) is 4. The minimum atomic E-state index is -1.95. The third-order valence-electron chi connectivity index (χ3n) is 2.09. The van der Waals surface area contributed by atoms with Crippen LogP contribution in [-0.2, 0) is 4.79 Å². The maximum absolute atomic E-state index is 10.6. The van der Waals surface area contributed by atoms with Crippen molar-refractivity contribution < 1.29 is 39.5 Å². The van der Waals surface area contributed by atoms with Crippen molar-refractivity contribution in [3.05, 3.63) is 0 Å². The van der Waals surface area contributed by atoms with Crippen LogP contribution in [0.2, 0.25) is 0 Å². The van der Waals surface area contributed by atoms with Crippen LogP contribution in [0.25, 0.3) is 0 Å². The molecule has 0 amide bonds. The van der Waals surface area contributed by atoms with Gasteiger partial charge in [-0.2, -0.15) is 10.5 Å². The van der Waals surface area contributed by atoms with Gasteiger partial charge in [0.25, 0.3) is 5.66 Å². The molecule has 0 spiro atoms. The number of carbonyl (C=O) groups is 1. The Morgan fingerprint density at radius 2 is 1.93 bits per heavy atom. The van der Waals surface area contributed by atoms with E-state index in [0.717, 1.165) is 0 Å². The van der Waals surface area contributed by atoms with E-state index >= 15 is 0 Å². The van der Waals surface area contributed by atoms with Crippen LogP contribution in [0.5, 0.6) is 0 Å². The number of hydrogen-bond donors (Lipinski definition) is 0. The summed E-state index contributed by atoms with van der Waals surface area (Å²) in [4.78, 5) is 10.6. The van der Waals surface area contributed by atoms with Crippen LogP contribution < -0.4 is 34.7 Å². The van der Waals surface area contributed by atoms with Crippen molar-refractivity contribution in [1.29, 1.82) is 10.5 Å². The molecule has 0 atom stereocenters. The van der Waals surface area contributed by atoms with E-state index in [-0.39, 0.29) is 36.0 Å². The van der Waals surface area contributed by atoms with Gasteiger partial charge in [-0.15, -0.1) is 10.2 Å². The van der Waals surface area contributed by atoms with Crippen LogP contribution in [0.15, 0.2) is 10.2 Å². The molecule has 0 bridgehead atoms. The predicted molar refractivity (Wildman–Crippen MR) is 36.5 cm³/mol. The molecule has 66 valence electrons. The smallest absolute Gasteiger partial charge is 0.545 e. The van der Waals surface area contributed by atoms with E-state index in [9.17, 15) is 9.90 Å². The minimum Gasteiger partial charge on any atom is -0.545 e. The van der Waals surface area contributed by atoms with Crippen LogP contribution >= 0.6 is 0 Å². The van der Waals surface area contributed by atoms with Crippen LogP contribution in [0.3, 0.4) is 0 Å². The van der Waals surface area contributed by atoms with Crippen LogP contribution in [0, 0.1) is 28.1 Å². The largest absolute Gasteiger partial charge is 1.00 e. The Kier molecular flexibility index (Phi) is 3.78. The van der Waals surface area contributed by atoms with Crippen molar-refractivity contribution in [3.63, 3.8) is 0 Å². The Morgan fingerprint density at radius 3 is 2.00 bits per heavy atom. The zero-order valence-electron chi connectivity index (χ0n) is 7.81. The van der Waals surface area contributed by atoms with Crippen molar-refractivity contribution in [2.45, 2.75) is 19.0 Å². The monoisotopic (exact) mass is 200 g/mol. The van der Waals surface area contributed by atoms with Gasteiger partial charge in [-0.3, -0.25) is 0 Å². The second-order valence-electron chi connectivity index (χ2n) is 2.64. The molecule has 1 aliphatic rings. The summed E-state index contributed by atoms with van der Waals surface area (Å²) in [5.41, 5.74) is -3.68. The number of rotatable bonds is 3. The number of carbonyl (C=O) groups excluding carboxylic acids is 1. The zero-order chi connectivity index (χ0) is 10.1. The second-order valence-corrected chi connectivity index (χ2v) is 2.64. The molecule has 0 aromatic rings. The van der Waals surface area contributed by atoms with Gasteiger partial charge in [-0.25, -0.2) is 0 Å². The standard InChI is InChI=1S/C7H6N4O2.Na/c1-2-6(3-8,4-9)7(5(12)13)10-11-7;/h2H2,1H3,(H,12,13);/q;+1/p-1. The fourth-order valence-electron chi connectivity index (χ4n) is 1.06. The number of carboxylic acid groups (broad SMARTS) is 1. The number of hydrogen-bond acceptors (Lipinski definition) is 6. The van der Waals surface area contributed by atoms with Gasteiger partial charge in [-0.1, -0.05) is 6.92 Å². The molecular weight excluding hydrogens is 195 g/mol. The molecular formula is C7H5N4NaO2. The number of aliphatic carboxylic acids is 1. The SMILES string of the molecule is CCC(C#N)(C#N)C1(C(=O)[O-])N=N1.[Na+]. The molecule has 0 radical (unpaired) electrons. The van der Waals surface area contributed by atoms with Crippen molar-refractivity contribution in [1.82, 2.24) is 0 Å². The van der Waals surface area contributed by atoms with Gasteiger partial charge < -0.3 is 9.90 Å². The molecule has 0 N–H and O–H groups in total. The summed E-state index contributed by atoms with van der Waals surface area (Å²) >= 11 is 0. The molecule has 1 heterocycles. The second kappa shape index (κ2) is 4.05. The molecule has 0 aromatic heterocycles. The molecule has 0 saturated heterocycles. The average molecular weight is 200 g/mol. The van der Waals surface area contributed by atoms with E-state index in [1.54, 1.807) is 12.1 Å². The Morgan fingerprint density at radius 1 is 1.50 bits per heavy atom. The molecule has 0 aliphatic carbocycles. The van der Waals surface area contributed by atoms with Crippen molar-refractivity contribution in [3.8, 4) is 12.1 Å². The zero-order valence-corrected chi connectivity index (χ0v) is 9.81. The van der Waals surface area contributed by atoms with Crippen molar-refractivity contribution in [2.24, 2.45) is 15.6 Å². The first-order chi connectivity index (χ1) is 6.08. The van der Waals surface area contributed by atoms with Gasteiger partial charge in [0.15, 0.2) is 5.41 Å². The summed E-state index contributed by atoms with van der Waals surface area (Å²) in [6.45, 7) is 1.53. The van der Waals surface area contributed by atoms with Gasteiger partial charge in [0, 0.05) is 0 Å².